The Balaban J connectivity index is 0.000000315. The average Bonchev–Trinajstić information content (AvgIpc) is 3.17. The van der Waals surface area contributed by atoms with Crippen LogP contribution in [-0.4, -0.2) is 66.4 Å². The summed E-state index contributed by atoms with van der Waals surface area (Å²) in [5.74, 6) is 13.5. The van der Waals surface area contributed by atoms with Gasteiger partial charge in [-0.2, -0.15) is 0 Å². The molecule has 0 aliphatic heterocycles. The first-order chi connectivity index (χ1) is 26.4. The molecule has 0 saturated heterocycles. The van der Waals surface area contributed by atoms with E-state index in [0.717, 1.165) is 26.9 Å². The zero-order valence-electron chi connectivity index (χ0n) is 33.0. The summed E-state index contributed by atoms with van der Waals surface area (Å²) < 4.78 is 44.3. The molecule has 0 heterocycles. The van der Waals surface area contributed by atoms with Crippen molar-refractivity contribution in [2.75, 3.05) is 41.7 Å². The summed E-state index contributed by atoms with van der Waals surface area (Å²) in [7, 11) is 6.32. The van der Waals surface area contributed by atoms with Crippen LogP contribution in [0.25, 0.3) is 0 Å². The molecule has 10 nitrogen and oxygen atoms in total. The van der Waals surface area contributed by atoms with Gasteiger partial charge in [-0.15, -0.1) is 6.42 Å². The maximum Gasteiger partial charge on any atom is 0.162 e. The minimum absolute atomic E-state index is 0.00471. The van der Waals surface area contributed by atoms with E-state index in [1.165, 1.54) is 7.11 Å². The number of terminal acetylenes is 1. The molecule has 0 fully saturated rings. The zero-order chi connectivity index (χ0) is 40.9. The number of ether oxygens (including phenoxy) is 8. The molecule has 4 aromatic carbocycles. The highest BCUT2D eigenvalue weighted by Crippen LogP contribution is 2.33. The number of carbonyl (C=O) groups excluding carboxylic acids is 2. The van der Waals surface area contributed by atoms with E-state index in [-0.39, 0.29) is 12.2 Å². The standard InChI is InChI=1S/C22H24O5.C13H14O3.C9H11IO2/c1-6-26-21-11-16(8-10-19(21)24-4)7-9-17-12-20(25-5)22(27-15(2)3)13-18(17)14-23;1-5-10-6-12(15-4)13(16-9(2)3)7-11(10)8-14;1-3-12-9-6-7(10)4-5-8(9)11-2/h8,10-15H,6H2,1-5H3;1,6-9H,2-4H3;4-6H,3H2,1-2H3. The molecule has 0 unspecified atom stereocenters. The fourth-order valence-electron chi connectivity index (χ4n) is 4.67. The Hall–Kier alpha value is -5.53. The first-order valence-electron chi connectivity index (χ1n) is 17.4. The first kappa shape index (κ1) is 45.6. The lowest BCUT2D eigenvalue weighted by atomic mass is 10.1. The van der Waals surface area contributed by atoms with E-state index < -0.39 is 0 Å². The molecular formula is C44H49IO10. The van der Waals surface area contributed by atoms with Crippen LogP contribution in [-0.2, 0) is 0 Å². The van der Waals surface area contributed by atoms with Crippen molar-refractivity contribution >= 4 is 35.2 Å². The normalized spacial score (nSPS) is 9.82. The van der Waals surface area contributed by atoms with Crippen LogP contribution in [0.5, 0.6) is 46.0 Å². The fraction of sp³-hybridized carbons (Fsp3) is 0.318. The van der Waals surface area contributed by atoms with Gasteiger partial charge in [0.15, 0.2) is 58.6 Å². The van der Waals surface area contributed by atoms with Gasteiger partial charge in [-0.25, -0.2) is 0 Å². The summed E-state index contributed by atoms with van der Waals surface area (Å²) in [5.41, 5.74) is 2.68. The molecule has 0 bridgehead atoms. The third-order valence-electron chi connectivity index (χ3n) is 7.04. The predicted molar refractivity (Wildman–Crippen MR) is 223 cm³/mol. The van der Waals surface area contributed by atoms with Gasteiger partial charge < -0.3 is 37.9 Å². The lowest BCUT2D eigenvalue weighted by Crippen LogP contribution is -2.07. The van der Waals surface area contributed by atoms with Gasteiger partial charge in [0, 0.05) is 43.5 Å². The minimum atomic E-state index is -0.0355. The second kappa shape index (κ2) is 24.0. The minimum Gasteiger partial charge on any atom is -0.493 e. The van der Waals surface area contributed by atoms with Crippen molar-refractivity contribution in [3.63, 3.8) is 0 Å². The number of carbonyl (C=O) groups is 2. The van der Waals surface area contributed by atoms with Gasteiger partial charge in [0.2, 0.25) is 0 Å². The summed E-state index contributed by atoms with van der Waals surface area (Å²) in [6, 6.07) is 17.9. The van der Waals surface area contributed by atoms with E-state index in [1.54, 1.807) is 51.7 Å². The third-order valence-corrected chi connectivity index (χ3v) is 7.71. The van der Waals surface area contributed by atoms with Crippen LogP contribution in [0.15, 0.2) is 60.7 Å². The van der Waals surface area contributed by atoms with Crippen LogP contribution < -0.4 is 37.9 Å². The molecule has 0 aliphatic carbocycles. The SMILES string of the molecule is C#Cc1cc(OC)c(OC(C)C)cc1C=O.CCOc1cc(C#Cc2cc(OC)c(OC(C)C)cc2C=O)ccc1OC.CCOc1cc(I)ccc1OC. The largest absolute Gasteiger partial charge is 0.493 e. The first-order valence-corrected chi connectivity index (χ1v) is 18.4. The van der Waals surface area contributed by atoms with Gasteiger partial charge in [-0.05, 0) is 113 Å². The van der Waals surface area contributed by atoms with Crippen molar-refractivity contribution in [1.29, 1.82) is 0 Å². The summed E-state index contributed by atoms with van der Waals surface area (Å²) in [4.78, 5) is 22.3. The van der Waals surface area contributed by atoms with E-state index >= 15 is 0 Å². The van der Waals surface area contributed by atoms with Gasteiger partial charge >= 0.3 is 0 Å². The quantitative estimate of drug-likeness (QED) is 0.0693. The third kappa shape index (κ3) is 14.3. The van der Waals surface area contributed by atoms with Crippen molar-refractivity contribution in [3.8, 4) is 70.2 Å². The Kier molecular flexibility index (Phi) is 19.9. The maximum absolute atomic E-state index is 11.5. The van der Waals surface area contributed by atoms with Gasteiger partial charge in [0.25, 0.3) is 0 Å². The number of aldehydes is 2. The molecule has 55 heavy (non-hydrogen) atoms. The van der Waals surface area contributed by atoms with Crippen molar-refractivity contribution in [2.45, 2.75) is 53.8 Å². The Labute approximate surface area is 338 Å². The van der Waals surface area contributed by atoms with Crippen LogP contribution in [0.1, 0.15) is 78.9 Å². The molecule has 0 saturated carbocycles. The Bertz CT molecular complexity index is 1970. The summed E-state index contributed by atoms with van der Waals surface area (Å²) >= 11 is 2.24. The molecule has 4 aromatic rings. The highest BCUT2D eigenvalue weighted by atomic mass is 127. The molecule has 0 atom stereocenters. The molecule has 0 radical (unpaired) electrons. The van der Waals surface area contributed by atoms with E-state index in [4.69, 9.17) is 44.3 Å². The predicted octanol–water partition coefficient (Wildman–Crippen LogP) is 9.08. The van der Waals surface area contributed by atoms with Crippen molar-refractivity contribution in [1.82, 2.24) is 0 Å². The fourth-order valence-corrected chi connectivity index (χ4v) is 5.13. The Morgan fingerprint density at radius 2 is 1.04 bits per heavy atom. The zero-order valence-corrected chi connectivity index (χ0v) is 35.2. The van der Waals surface area contributed by atoms with Gasteiger partial charge in [-0.1, -0.05) is 17.8 Å². The summed E-state index contributed by atoms with van der Waals surface area (Å²) in [5, 5.41) is 0. The molecule has 11 heteroatoms. The Morgan fingerprint density at radius 3 is 1.47 bits per heavy atom. The van der Waals surface area contributed by atoms with Gasteiger partial charge in [0.1, 0.15) is 0 Å². The number of hydrogen-bond acceptors (Lipinski definition) is 10. The molecule has 0 aliphatic rings. The molecule has 0 aromatic heterocycles. The van der Waals surface area contributed by atoms with Crippen molar-refractivity contribution in [3.05, 3.63) is 92.1 Å². The van der Waals surface area contributed by atoms with Crippen LogP contribution in [0.2, 0.25) is 0 Å². The van der Waals surface area contributed by atoms with E-state index in [0.29, 0.717) is 76.3 Å². The maximum atomic E-state index is 11.5. The molecular weight excluding hydrogens is 815 g/mol. The number of benzene rings is 4. The van der Waals surface area contributed by atoms with Crippen LogP contribution in [0, 0.1) is 27.8 Å². The number of rotatable bonds is 14. The number of methoxy groups -OCH3 is 4. The molecule has 292 valence electrons. The second-order valence-electron chi connectivity index (χ2n) is 11.7. The average molecular weight is 865 g/mol. The topological polar surface area (TPSA) is 108 Å². The van der Waals surface area contributed by atoms with E-state index in [2.05, 4.69) is 40.4 Å². The van der Waals surface area contributed by atoms with Crippen molar-refractivity contribution < 1.29 is 47.5 Å². The Morgan fingerprint density at radius 1 is 0.582 bits per heavy atom. The molecule has 4 rings (SSSR count). The smallest absolute Gasteiger partial charge is 0.162 e. The lowest BCUT2D eigenvalue weighted by Gasteiger charge is -2.14. The highest BCUT2D eigenvalue weighted by Gasteiger charge is 2.13. The van der Waals surface area contributed by atoms with E-state index in [9.17, 15) is 9.59 Å². The molecule has 0 N–H and O–H groups in total. The number of halogens is 1. The van der Waals surface area contributed by atoms with Gasteiger partial charge in [-0.3, -0.25) is 9.59 Å². The van der Waals surface area contributed by atoms with Crippen LogP contribution in [0.4, 0.5) is 0 Å². The van der Waals surface area contributed by atoms with Crippen molar-refractivity contribution in [2.24, 2.45) is 0 Å². The second-order valence-corrected chi connectivity index (χ2v) is 12.9. The van der Waals surface area contributed by atoms with Crippen LogP contribution >= 0.6 is 22.6 Å². The molecule has 0 spiro atoms. The lowest BCUT2D eigenvalue weighted by molar-refractivity contribution is 0.111. The number of hydrogen-bond donors (Lipinski definition) is 0. The molecule has 0 amide bonds. The van der Waals surface area contributed by atoms with E-state index in [1.807, 2.05) is 71.9 Å². The highest BCUT2D eigenvalue weighted by molar-refractivity contribution is 14.1. The van der Waals surface area contributed by atoms with Crippen LogP contribution in [0.3, 0.4) is 0 Å². The monoisotopic (exact) mass is 864 g/mol. The summed E-state index contributed by atoms with van der Waals surface area (Å²) in [6.45, 7) is 12.7. The summed E-state index contributed by atoms with van der Waals surface area (Å²) in [6.07, 6.45) is 6.74. The van der Waals surface area contributed by atoms with Gasteiger partial charge in [0.05, 0.1) is 53.9 Å².